The molecule has 1 aromatic heterocycles. The largest absolute Gasteiger partial charge is 0.495 e. The number of nitrogens with zero attached hydrogens (tertiary/aromatic N) is 2. The molecule has 0 amide bonds. The number of aryl methyl sites for hydroxylation is 1. The van der Waals surface area contributed by atoms with Crippen LogP contribution in [-0.4, -0.2) is 36.4 Å². The first kappa shape index (κ1) is 13.9. The van der Waals surface area contributed by atoms with Crippen molar-refractivity contribution >= 4 is 18.4 Å². The second-order valence-electron chi connectivity index (χ2n) is 6.83. The summed E-state index contributed by atoms with van der Waals surface area (Å²) in [6.45, 7) is 12.5. The van der Waals surface area contributed by atoms with Crippen molar-refractivity contribution in [2.24, 2.45) is 0 Å². The van der Waals surface area contributed by atoms with Gasteiger partial charge >= 0.3 is 7.12 Å². The van der Waals surface area contributed by atoms with Crippen LogP contribution in [0.15, 0.2) is 12.1 Å². The van der Waals surface area contributed by atoms with E-state index in [4.69, 9.17) is 9.31 Å². The zero-order valence-corrected chi connectivity index (χ0v) is 13.1. The predicted molar refractivity (Wildman–Crippen MR) is 81.5 cm³/mol. The predicted octanol–water partition coefficient (Wildman–Crippen LogP) is 1.90. The molecule has 0 saturated carbocycles. The molecular weight excluding hydrogens is 251 g/mol. The first-order valence-electron chi connectivity index (χ1n) is 7.38. The first-order chi connectivity index (χ1) is 9.28. The normalized spacial score (nSPS) is 23.9. The Morgan fingerprint density at radius 1 is 1.10 bits per heavy atom. The summed E-state index contributed by atoms with van der Waals surface area (Å²) in [6, 6.07) is 4.17. The minimum Gasteiger partial charge on any atom is -0.399 e. The molecule has 0 aliphatic carbocycles. The summed E-state index contributed by atoms with van der Waals surface area (Å²) in [5.74, 6) is 1.04. The molecule has 20 heavy (non-hydrogen) atoms. The third kappa shape index (κ3) is 2.23. The van der Waals surface area contributed by atoms with Gasteiger partial charge in [0.1, 0.15) is 5.82 Å². The molecule has 2 fully saturated rings. The van der Waals surface area contributed by atoms with E-state index in [2.05, 4.69) is 49.7 Å². The van der Waals surface area contributed by atoms with E-state index < -0.39 is 0 Å². The van der Waals surface area contributed by atoms with Gasteiger partial charge in [0.2, 0.25) is 0 Å². The van der Waals surface area contributed by atoms with Crippen LogP contribution in [-0.2, 0) is 9.31 Å². The van der Waals surface area contributed by atoms with Crippen LogP contribution >= 0.6 is 0 Å². The van der Waals surface area contributed by atoms with Crippen LogP contribution in [0.25, 0.3) is 0 Å². The van der Waals surface area contributed by atoms with Crippen molar-refractivity contribution in [3.05, 3.63) is 17.8 Å². The van der Waals surface area contributed by atoms with Gasteiger partial charge in [0.15, 0.2) is 0 Å². The molecule has 1 aromatic rings. The molecular formula is C15H23BN2O2. The molecule has 0 unspecified atom stereocenters. The van der Waals surface area contributed by atoms with E-state index >= 15 is 0 Å². The first-order valence-corrected chi connectivity index (χ1v) is 7.38. The molecule has 3 rings (SSSR count). The fourth-order valence-electron chi connectivity index (χ4n) is 2.50. The molecule has 0 bridgehead atoms. The second kappa shape index (κ2) is 4.47. The van der Waals surface area contributed by atoms with Crippen LogP contribution in [0, 0.1) is 6.92 Å². The molecule has 5 heteroatoms. The summed E-state index contributed by atoms with van der Waals surface area (Å²) in [5.41, 5.74) is 1.48. The van der Waals surface area contributed by atoms with Crippen molar-refractivity contribution in [3.63, 3.8) is 0 Å². The van der Waals surface area contributed by atoms with Gasteiger partial charge in [-0.05, 0) is 58.6 Å². The maximum Gasteiger partial charge on any atom is 0.495 e. The quantitative estimate of drug-likeness (QED) is 0.771. The van der Waals surface area contributed by atoms with Crippen LogP contribution in [0.1, 0.15) is 39.8 Å². The van der Waals surface area contributed by atoms with Crippen molar-refractivity contribution in [1.82, 2.24) is 4.98 Å². The van der Waals surface area contributed by atoms with Crippen LogP contribution in [0.2, 0.25) is 0 Å². The average Bonchev–Trinajstić information content (AvgIpc) is 2.45. The lowest BCUT2D eigenvalue weighted by Crippen LogP contribution is -2.41. The summed E-state index contributed by atoms with van der Waals surface area (Å²) < 4.78 is 12.2. The lowest BCUT2D eigenvalue weighted by molar-refractivity contribution is 0.00578. The Morgan fingerprint density at radius 2 is 1.70 bits per heavy atom. The topological polar surface area (TPSA) is 34.6 Å². The third-order valence-corrected chi connectivity index (χ3v) is 4.67. The summed E-state index contributed by atoms with van der Waals surface area (Å²) in [4.78, 5) is 6.91. The molecule has 2 aliphatic heterocycles. The van der Waals surface area contributed by atoms with Gasteiger partial charge in [0.05, 0.1) is 11.2 Å². The van der Waals surface area contributed by atoms with Crippen LogP contribution in [0.4, 0.5) is 5.82 Å². The average molecular weight is 274 g/mol. The third-order valence-electron chi connectivity index (χ3n) is 4.67. The number of aromatic nitrogens is 1. The Bertz CT molecular complexity index is 511. The van der Waals surface area contributed by atoms with Gasteiger partial charge in [-0.3, -0.25) is 0 Å². The molecule has 0 N–H and O–H groups in total. The standard InChI is InChI=1S/C15H23BN2O2/c1-11-9-12(10-13(17-11)18-7-6-8-18)16-19-14(2,3)15(4,5)20-16/h9-10H,6-8H2,1-5H3. The lowest BCUT2D eigenvalue weighted by atomic mass is 9.79. The molecule has 2 aliphatic rings. The van der Waals surface area contributed by atoms with Crippen LogP contribution in [0.5, 0.6) is 0 Å². The van der Waals surface area contributed by atoms with Gasteiger partial charge < -0.3 is 14.2 Å². The zero-order chi connectivity index (χ0) is 14.5. The summed E-state index contributed by atoms with van der Waals surface area (Å²) in [5, 5.41) is 0. The van der Waals surface area contributed by atoms with Crippen molar-refractivity contribution in [2.75, 3.05) is 18.0 Å². The van der Waals surface area contributed by atoms with Gasteiger partial charge in [-0.25, -0.2) is 4.98 Å². The molecule has 0 radical (unpaired) electrons. The maximum absolute atomic E-state index is 6.12. The van der Waals surface area contributed by atoms with E-state index in [1.54, 1.807) is 0 Å². The molecule has 0 atom stereocenters. The summed E-state index contributed by atoms with van der Waals surface area (Å²) in [7, 11) is -0.304. The van der Waals surface area contributed by atoms with Gasteiger partial charge in [0.25, 0.3) is 0 Å². The Morgan fingerprint density at radius 3 is 2.20 bits per heavy atom. The SMILES string of the molecule is Cc1cc(B2OC(C)(C)C(C)(C)O2)cc(N2CCC2)n1. The minimum absolute atomic E-state index is 0.300. The van der Waals surface area contributed by atoms with Gasteiger partial charge in [-0.15, -0.1) is 0 Å². The monoisotopic (exact) mass is 274 g/mol. The second-order valence-corrected chi connectivity index (χ2v) is 6.83. The number of pyridine rings is 1. The number of rotatable bonds is 2. The Hall–Kier alpha value is -1.07. The molecule has 0 spiro atoms. The molecule has 4 nitrogen and oxygen atoms in total. The van der Waals surface area contributed by atoms with Crippen molar-refractivity contribution < 1.29 is 9.31 Å². The molecule has 2 saturated heterocycles. The summed E-state index contributed by atoms with van der Waals surface area (Å²) >= 11 is 0. The fraction of sp³-hybridized carbons (Fsp3) is 0.667. The van der Waals surface area contributed by atoms with E-state index in [0.717, 1.165) is 30.1 Å². The van der Waals surface area contributed by atoms with Gasteiger partial charge in [-0.2, -0.15) is 0 Å². The van der Waals surface area contributed by atoms with E-state index in [1.165, 1.54) is 6.42 Å². The van der Waals surface area contributed by atoms with E-state index in [9.17, 15) is 0 Å². The molecule has 3 heterocycles. The van der Waals surface area contributed by atoms with E-state index in [0.29, 0.717) is 0 Å². The highest BCUT2D eigenvalue weighted by Gasteiger charge is 2.51. The van der Waals surface area contributed by atoms with Crippen molar-refractivity contribution in [1.29, 1.82) is 0 Å². The van der Waals surface area contributed by atoms with Gasteiger partial charge in [0, 0.05) is 18.8 Å². The Balaban J connectivity index is 1.89. The number of hydrogen-bond acceptors (Lipinski definition) is 4. The van der Waals surface area contributed by atoms with E-state index in [-0.39, 0.29) is 18.3 Å². The maximum atomic E-state index is 6.12. The van der Waals surface area contributed by atoms with Crippen LogP contribution in [0.3, 0.4) is 0 Å². The van der Waals surface area contributed by atoms with Crippen LogP contribution < -0.4 is 10.4 Å². The Labute approximate surface area is 121 Å². The smallest absolute Gasteiger partial charge is 0.399 e. The number of hydrogen-bond donors (Lipinski definition) is 0. The zero-order valence-electron chi connectivity index (χ0n) is 13.1. The highest BCUT2D eigenvalue weighted by atomic mass is 16.7. The Kier molecular flexibility index (Phi) is 3.10. The molecule has 108 valence electrons. The lowest BCUT2D eigenvalue weighted by Gasteiger charge is -2.32. The summed E-state index contributed by atoms with van der Waals surface area (Å²) in [6.07, 6.45) is 1.25. The number of anilines is 1. The highest BCUT2D eigenvalue weighted by molar-refractivity contribution is 6.62. The van der Waals surface area contributed by atoms with E-state index in [1.807, 2.05) is 6.92 Å². The highest BCUT2D eigenvalue weighted by Crippen LogP contribution is 2.36. The fourth-order valence-corrected chi connectivity index (χ4v) is 2.50. The molecule has 0 aromatic carbocycles. The van der Waals surface area contributed by atoms with Crippen molar-refractivity contribution in [3.8, 4) is 0 Å². The van der Waals surface area contributed by atoms with Crippen molar-refractivity contribution in [2.45, 2.75) is 52.2 Å². The van der Waals surface area contributed by atoms with Gasteiger partial charge in [-0.1, -0.05) is 0 Å². The minimum atomic E-state index is -0.304.